The van der Waals surface area contributed by atoms with E-state index in [1.165, 1.54) is 27.0 Å². The highest BCUT2D eigenvalue weighted by atomic mass is 19.4. The maximum absolute atomic E-state index is 14.2. The molecule has 0 fully saturated rings. The molecule has 0 atom stereocenters. The Morgan fingerprint density at radius 2 is 1.45 bits per heavy atom. The first-order chi connectivity index (χ1) is 19.3. The van der Waals surface area contributed by atoms with Gasteiger partial charge in [0.2, 0.25) is 0 Å². The Hall–Kier alpha value is -4.11. The zero-order chi connectivity index (χ0) is 31.7. The molecule has 3 aromatic rings. The van der Waals surface area contributed by atoms with Crippen LogP contribution in [0.1, 0.15) is 13.8 Å². The molecule has 0 spiro atoms. The summed E-state index contributed by atoms with van der Waals surface area (Å²) < 4.78 is 146. The van der Waals surface area contributed by atoms with E-state index in [2.05, 4.69) is 14.2 Å². The van der Waals surface area contributed by atoms with Gasteiger partial charge in [0.15, 0.2) is 13.2 Å². The third kappa shape index (κ3) is 7.02. The van der Waals surface area contributed by atoms with Crippen LogP contribution in [-0.2, 0) is 9.53 Å². The molecular formula is C26H21F9O7. The van der Waals surface area contributed by atoms with Crippen LogP contribution in [0.15, 0.2) is 51.7 Å². The standard InChI is InChI=1S/C26H21F9O7/c1-13(2)21(36)40-12-24(29,30)25(31,32)23(27,28)11-39-16-5-4-14-8-18(22(37)41-19(14)10-16)17-7-6-15(38-3)9-20(17)42-26(33,34)35/h4-10,13H,11-12H2,1-3H3. The maximum atomic E-state index is 14.2. The van der Waals surface area contributed by atoms with Crippen molar-refractivity contribution in [3.63, 3.8) is 0 Å². The number of halogens is 9. The number of hydrogen-bond acceptors (Lipinski definition) is 7. The van der Waals surface area contributed by atoms with Gasteiger partial charge < -0.3 is 23.4 Å². The van der Waals surface area contributed by atoms with Crippen molar-refractivity contribution in [2.45, 2.75) is 38.0 Å². The van der Waals surface area contributed by atoms with Crippen molar-refractivity contribution >= 4 is 16.9 Å². The third-order valence-electron chi connectivity index (χ3n) is 5.62. The number of alkyl halides is 9. The van der Waals surface area contributed by atoms with Crippen LogP contribution in [0, 0.1) is 5.92 Å². The summed E-state index contributed by atoms with van der Waals surface area (Å²) in [5, 5.41) is 0.0290. The summed E-state index contributed by atoms with van der Waals surface area (Å²) in [6.07, 6.45) is -5.13. The molecule has 0 aliphatic heterocycles. The SMILES string of the molecule is COc1ccc(-c2cc3ccc(OCC(F)(F)C(F)(F)C(F)(F)COC(=O)C(C)C)cc3oc2=O)c(OC(F)(F)F)c1. The molecule has 42 heavy (non-hydrogen) atoms. The second kappa shape index (κ2) is 11.6. The lowest BCUT2D eigenvalue weighted by atomic mass is 10.0. The van der Waals surface area contributed by atoms with E-state index < -0.39 is 71.9 Å². The fourth-order valence-electron chi connectivity index (χ4n) is 3.38. The zero-order valence-electron chi connectivity index (χ0n) is 21.8. The van der Waals surface area contributed by atoms with Crippen LogP contribution < -0.4 is 19.8 Å². The molecule has 0 bridgehead atoms. The number of hydrogen-bond donors (Lipinski definition) is 0. The van der Waals surface area contributed by atoms with Crippen LogP contribution in [0.3, 0.4) is 0 Å². The van der Waals surface area contributed by atoms with Gasteiger partial charge in [0, 0.05) is 23.1 Å². The molecule has 0 saturated carbocycles. The number of methoxy groups -OCH3 is 1. The van der Waals surface area contributed by atoms with E-state index >= 15 is 0 Å². The Morgan fingerprint density at radius 1 is 0.833 bits per heavy atom. The highest BCUT2D eigenvalue weighted by Gasteiger charge is 2.72. The molecule has 0 aliphatic rings. The van der Waals surface area contributed by atoms with Crippen molar-refractivity contribution in [3.05, 3.63) is 52.9 Å². The topological polar surface area (TPSA) is 84.2 Å². The van der Waals surface area contributed by atoms with Gasteiger partial charge in [0.05, 0.1) is 18.6 Å². The number of carbonyl (C=O) groups excluding carboxylic acids is 1. The second-order valence-electron chi connectivity index (χ2n) is 9.09. The lowest BCUT2D eigenvalue weighted by molar-refractivity contribution is -0.322. The molecule has 230 valence electrons. The molecule has 0 N–H and O–H groups in total. The fraction of sp³-hybridized carbons (Fsp3) is 0.385. The minimum atomic E-state index is -6.01. The van der Waals surface area contributed by atoms with Crippen molar-refractivity contribution in [3.8, 4) is 28.4 Å². The number of carbonyl (C=O) groups is 1. The molecule has 0 saturated heterocycles. The van der Waals surface area contributed by atoms with Crippen molar-refractivity contribution < 1.29 is 67.7 Å². The van der Waals surface area contributed by atoms with E-state index in [9.17, 15) is 49.1 Å². The van der Waals surface area contributed by atoms with E-state index in [0.29, 0.717) is 0 Å². The summed E-state index contributed by atoms with van der Waals surface area (Å²) in [6.45, 7) is -2.14. The van der Waals surface area contributed by atoms with Gasteiger partial charge >= 0.3 is 35.7 Å². The zero-order valence-corrected chi connectivity index (χ0v) is 21.8. The van der Waals surface area contributed by atoms with Gasteiger partial charge in [-0.25, -0.2) is 4.79 Å². The minimum Gasteiger partial charge on any atom is -0.497 e. The Morgan fingerprint density at radius 3 is 2.05 bits per heavy atom. The summed E-state index contributed by atoms with van der Waals surface area (Å²) >= 11 is 0. The first-order valence-electron chi connectivity index (χ1n) is 11.7. The molecule has 0 radical (unpaired) electrons. The third-order valence-corrected chi connectivity index (χ3v) is 5.62. The smallest absolute Gasteiger partial charge is 0.497 e. The number of benzene rings is 2. The molecule has 1 heterocycles. The van der Waals surface area contributed by atoms with Crippen LogP contribution in [0.5, 0.6) is 17.2 Å². The monoisotopic (exact) mass is 616 g/mol. The van der Waals surface area contributed by atoms with Crippen LogP contribution >= 0.6 is 0 Å². The van der Waals surface area contributed by atoms with Gasteiger partial charge in [0.25, 0.3) is 0 Å². The molecule has 16 heteroatoms. The number of ether oxygens (including phenoxy) is 4. The minimum absolute atomic E-state index is 0.0262. The van der Waals surface area contributed by atoms with E-state index in [1.807, 2.05) is 0 Å². The Labute approximate surface area is 230 Å². The molecular weight excluding hydrogens is 595 g/mol. The summed E-state index contributed by atoms with van der Waals surface area (Å²) in [7, 11) is 1.18. The largest absolute Gasteiger partial charge is 0.573 e. The summed E-state index contributed by atoms with van der Waals surface area (Å²) in [4.78, 5) is 23.9. The summed E-state index contributed by atoms with van der Waals surface area (Å²) in [5.41, 5.74) is -2.31. The van der Waals surface area contributed by atoms with Crippen molar-refractivity contribution in [2.24, 2.45) is 5.92 Å². The first kappa shape index (κ1) is 32.4. The molecule has 3 rings (SSSR count). The van der Waals surface area contributed by atoms with Gasteiger partial charge in [-0.2, -0.15) is 26.3 Å². The van der Waals surface area contributed by atoms with E-state index in [-0.39, 0.29) is 22.3 Å². The summed E-state index contributed by atoms with van der Waals surface area (Å²) in [5.74, 6) is -20.7. The lowest BCUT2D eigenvalue weighted by Gasteiger charge is -2.32. The average Bonchev–Trinajstić information content (AvgIpc) is 2.89. The Balaban J connectivity index is 1.86. The average molecular weight is 616 g/mol. The predicted molar refractivity (Wildman–Crippen MR) is 127 cm³/mol. The van der Waals surface area contributed by atoms with E-state index in [1.54, 1.807) is 0 Å². The number of esters is 1. The molecule has 0 aliphatic carbocycles. The normalized spacial score (nSPS) is 12.9. The predicted octanol–water partition coefficient (Wildman–Crippen LogP) is 6.85. The second-order valence-corrected chi connectivity index (χ2v) is 9.09. The molecule has 0 unspecified atom stereocenters. The lowest BCUT2D eigenvalue weighted by Crippen LogP contribution is -2.58. The maximum Gasteiger partial charge on any atom is 0.573 e. The highest BCUT2D eigenvalue weighted by molar-refractivity contribution is 5.84. The molecule has 7 nitrogen and oxygen atoms in total. The Kier molecular flexibility index (Phi) is 8.98. The van der Waals surface area contributed by atoms with Crippen LogP contribution in [0.4, 0.5) is 39.5 Å². The highest BCUT2D eigenvalue weighted by Crippen LogP contribution is 2.46. The van der Waals surface area contributed by atoms with Gasteiger partial charge in [0.1, 0.15) is 22.8 Å². The van der Waals surface area contributed by atoms with Crippen molar-refractivity contribution in [2.75, 3.05) is 20.3 Å². The molecule has 0 amide bonds. The van der Waals surface area contributed by atoms with Crippen molar-refractivity contribution in [1.82, 2.24) is 0 Å². The molecule has 1 aromatic heterocycles. The van der Waals surface area contributed by atoms with Crippen LogP contribution in [-0.4, -0.2) is 50.4 Å². The van der Waals surface area contributed by atoms with Gasteiger partial charge in [-0.1, -0.05) is 13.8 Å². The van der Waals surface area contributed by atoms with Crippen molar-refractivity contribution in [1.29, 1.82) is 0 Å². The first-order valence-corrected chi connectivity index (χ1v) is 11.7. The van der Waals surface area contributed by atoms with E-state index in [4.69, 9.17) is 9.15 Å². The van der Waals surface area contributed by atoms with E-state index in [0.717, 1.165) is 36.4 Å². The molecule has 2 aromatic carbocycles. The number of rotatable bonds is 11. The summed E-state index contributed by atoms with van der Waals surface area (Å²) in [6, 6.07) is 7.11. The van der Waals surface area contributed by atoms with Gasteiger partial charge in [-0.3, -0.25) is 4.79 Å². The Bertz CT molecular complexity index is 1500. The quantitative estimate of drug-likeness (QED) is 0.132. The van der Waals surface area contributed by atoms with Crippen LogP contribution in [0.2, 0.25) is 0 Å². The fourth-order valence-corrected chi connectivity index (χ4v) is 3.38. The number of fused-ring (bicyclic) bond motifs is 1. The van der Waals surface area contributed by atoms with Gasteiger partial charge in [-0.05, 0) is 30.3 Å². The van der Waals surface area contributed by atoms with Crippen LogP contribution in [0.25, 0.3) is 22.1 Å². The van der Waals surface area contributed by atoms with Gasteiger partial charge in [-0.15, -0.1) is 13.2 Å².